The Morgan fingerprint density at radius 3 is 2.48 bits per heavy atom. The molecule has 0 N–H and O–H groups in total. The van der Waals surface area contributed by atoms with Crippen LogP contribution in [0.5, 0.6) is 0 Å². The molecular formula is C12H10Cl2F3NO3. The Balaban J connectivity index is 3.04. The predicted octanol–water partition coefficient (Wildman–Crippen LogP) is 3.24. The summed E-state index contributed by atoms with van der Waals surface area (Å²) in [5.41, 5.74) is 0.167. The molecule has 0 saturated heterocycles. The molecule has 0 aliphatic rings. The average molecular weight is 344 g/mol. The summed E-state index contributed by atoms with van der Waals surface area (Å²) in [5, 5.41) is -0.0218. The highest BCUT2D eigenvalue weighted by Crippen LogP contribution is 2.26. The molecule has 21 heavy (non-hydrogen) atoms. The largest absolute Gasteiger partial charge is 0.465 e. The van der Waals surface area contributed by atoms with Crippen molar-refractivity contribution in [3.8, 4) is 0 Å². The van der Waals surface area contributed by atoms with Crippen LogP contribution in [0.15, 0.2) is 12.3 Å². The van der Waals surface area contributed by atoms with Gasteiger partial charge >= 0.3 is 12.1 Å². The van der Waals surface area contributed by atoms with Crippen molar-refractivity contribution in [2.45, 2.75) is 19.5 Å². The molecule has 0 amide bonds. The third-order valence-corrected chi connectivity index (χ3v) is 3.15. The second kappa shape index (κ2) is 7.09. The Morgan fingerprint density at radius 2 is 2.00 bits per heavy atom. The number of carbonyl (C=O) groups excluding carboxylic acids is 2. The van der Waals surface area contributed by atoms with Crippen molar-refractivity contribution in [2.75, 3.05) is 6.61 Å². The zero-order valence-electron chi connectivity index (χ0n) is 10.7. The van der Waals surface area contributed by atoms with Gasteiger partial charge in [0.25, 0.3) is 5.78 Å². The minimum absolute atomic E-state index is 0.0104. The van der Waals surface area contributed by atoms with Gasteiger partial charge in [-0.25, -0.2) is 4.98 Å². The summed E-state index contributed by atoms with van der Waals surface area (Å²) in [4.78, 5) is 26.5. The van der Waals surface area contributed by atoms with Gasteiger partial charge in [0.05, 0.1) is 11.6 Å². The number of hydrogen-bond acceptors (Lipinski definition) is 4. The van der Waals surface area contributed by atoms with Crippen LogP contribution in [-0.2, 0) is 20.7 Å². The fourth-order valence-corrected chi connectivity index (χ4v) is 1.82. The third-order valence-electron chi connectivity index (χ3n) is 2.46. The highest BCUT2D eigenvalue weighted by Gasteiger charge is 2.46. The molecule has 0 spiro atoms. The van der Waals surface area contributed by atoms with E-state index in [-0.39, 0.29) is 22.3 Å². The number of rotatable bonds is 5. The minimum Gasteiger partial charge on any atom is -0.465 e. The van der Waals surface area contributed by atoms with Crippen LogP contribution in [0.4, 0.5) is 13.2 Å². The van der Waals surface area contributed by atoms with Gasteiger partial charge in [-0.3, -0.25) is 9.59 Å². The molecule has 116 valence electrons. The zero-order valence-corrected chi connectivity index (χ0v) is 12.2. The number of halogens is 5. The number of alkyl halides is 3. The van der Waals surface area contributed by atoms with Gasteiger partial charge in [0.2, 0.25) is 0 Å². The van der Waals surface area contributed by atoms with Crippen LogP contribution in [0.1, 0.15) is 12.5 Å². The molecular weight excluding hydrogens is 334 g/mol. The Labute approximate surface area is 128 Å². The van der Waals surface area contributed by atoms with E-state index in [4.69, 9.17) is 23.2 Å². The maximum atomic E-state index is 12.5. The van der Waals surface area contributed by atoms with E-state index in [2.05, 4.69) is 9.72 Å². The van der Waals surface area contributed by atoms with Gasteiger partial charge < -0.3 is 4.74 Å². The maximum absolute atomic E-state index is 12.5. The van der Waals surface area contributed by atoms with Crippen molar-refractivity contribution in [3.05, 3.63) is 28.0 Å². The van der Waals surface area contributed by atoms with Crippen LogP contribution in [0, 0.1) is 5.92 Å². The van der Waals surface area contributed by atoms with E-state index >= 15 is 0 Å². The molecule has 0 bridgehead atoms. The van der Waals surface area contributed by atoms with Crippen LogP contribution >= 0.6 is 23.2 Å². The summed E-state index contributed by atoms with van der Waals surface area (Å²) < 4.78 is 42.1. The molecule has 0 radical (unpaired) electrons. The lowest BCUT2D eigenvalue weighted by Crippen LogP contribution is -2.37. The molecule has 1 heterocycles. The Hall–Kier alpha value is -1.34. The molecule has 0 unspecified atom stereocenters. The molecule has 1 rings (SSSR count). The molecule has 9 heteroatoms. The van der Waals surface area contributed by atoms with Crippen molar-refractivity contribution in [1.82, 2.24) is 4.98 Å². The van der Waals surface area contributed by atoms with Gasteiger partial charge in [0, 0.05) is 6.20 Å². The summed E-state index contributed by atoms with van der Waals surface area (Å²) in [6.45, 7) is 1.29. The number of esters is 1. The second-order valence-corrected chi connectivity index (χ2v) is 4.75. The lowest BCUT2D eigenvalue weighted by Gasteiger charge is -2.16. The van der Waals surface area contributed by atoms with Crippen LogP contribution in [0.25, 0.3) is 0 Å². The van der Waals surface area contributed by atoms with Crippen LogP contribution < -0.4 is 0 Å². The topological polar surface area (TPSA) is 56.3 Å². The smallest absolute Gasteiger partial charge is 0.450 e. The van der Waals surface area contributed by atoms with Crippen molar-refractivity contribution in [2.24, 2.45) is 5.92 Å². The van der Waals surface area contributed by atoms with Gasteiger partial charge in [-0.15, -0.1) is 0 Å². The highest BCUT2D eigenvalue weighted by atomic mass is 35.5. The van der Waals surface area contributed by atoms with Gasteiger partial charge in [-0.05, 0) is 25.0 Å². The number of nitrogens with zero attached hydrogens (tertiary/aromatic N) is 1. The summed E-state index contributed by atoms with van der Waals surface area (Å²) in [6.07, 6.45) is -4.52. The fraction of sp³-hybridized carbons (Fsp3) is 0.417. The van der Waals surface area contributed by atoms with E-state index in [0.29, 0.717) is 0 Å². The number of pyridine rings is 1. The molecule has 1 atom stereocenters. The van der Waals surface area contributed by atoms with E-state index in [1.807, 2.05) is 0 Å². The quantitative estimate of drug-likeness (QED) is 0.468. The standard InChI is InChI=1S/C12H10Cl2F3NO3/c1-2-21-11(20)7(9(19)12(15,16)17)3-6-4-8(13)10(14)18-5-6/h4-5,7H,2-3H2,1H3/t7-/m1/s1. The SMILES string of the molecule is CCOC(=O)[C@H](Cc1cnc(Cl)c(Cl)c1)C(=O)C(F)(F)F. The van der Waals surface area contributed by atoms with Crippen molar-refractivity contribution >= 4 is 35.0 Å². The summed E-state index contributed by atoms with van der Waals surface area (Å²) in [6, 6.07) is 1.24. The number of ketones is 1. The molecule has 0 aromatic carbocycles. The second-order valence-electron chi connectivity index (χ2n) is 3.99. The van der Waals surface area contributed by atoms with Crippen molar-refractivity contribution in [1.29, 1.82) is 0 Å². The maximum Gasteiger partial charge on any atom is 0.450 e. The van der Waals surface area contributed by atoms with E-state index in [9.17, 15) is 22.8 Å². The van der Waals surface area contributed by atoms with Crippen molar-refractivity contribution in [3.63, 3.8) is 0 Å². The summed E-state index contributed by atoms with van der Waals surface area (Å²) in [5.74, 6) is -5.41. The number of hydrogen-bond donors (Lipinski definition) is 0. The Morgan fingerprint density at radius 1 is 1.38 bits per heavy atom. The predicted molar refractivity (Wildman–Crippen MR) is 69.1 cm³/mol. The Bertz CT molecular complexity index is 549. The van der Waals surface area contributed by atoms with Crippen LogP contribution in [0.2, 0.25) is 10.2 Å². The Kier molecular flexibility index (Phi) is 5.98. The van der Waals surface area contributed by atoms with Gasteiger partial charge in [0.15, 0.2) is 0 Å². The third kappa shape index (κ3) is 4.86. The van der Waals surface area contributed by atoms with Gasteiger partial charge in [0.1, 0.15) is 11.1 Å². The van der Waals surface area contributed by atoms with E-state index in [1.165, 1.54) is 13.0 Å². The highest BCUT2D eigenvalue weighted by molar-refractivity contribution is 6.41. The van der Waals surface area contributed by atoms with Crippen molar-refractivity contribution < 1.29 is 27.5 Å². The fourth-order valence-electron chi connectivity index (χ4n) is 1.53. The lowest BCUT2D eigenvalue weighted by molar-refractivity contribution is -0.180. The first kappa shape index (κ1) is 17.7. The van der Waals surface area contributed by atoms with E-state index in [1.54, 1.807) is 0 Å². The molecule has 0 aliphatic carbocycles. The first-order chi connectivity index (χ1) is 9.66. The number of Topliss-reactive ketones (excluding diaryl/α,β-unsaturated/α-hetero) is 1. The lowest BCUT2D eigenvalue weighted by atomic mass is 9.95. The van der Waals surface area contributed by atoms with Gasteiger partial charge in [-0.1, -0.05) is 23.2 Å². The minimum atomic E-state index is -5.14. The number of aromatic nitrogens is 1. The molecule has 1 aromatic rings. The van der Waals surface area contributed by atoms with E-state index < -0.39 is 30.3 Å². The summed E-state index contributed by atoms with van der Waals surface area (Å²) >= 11 is 11.3. The first-order valence-electron chi connectivity index (χ1n) is 5.74. The molecule has 4 nitrogen and oxygen atoms in total. The molecule has 0 aliphatic heterocycles. The first-order valence-corrected chi connectivity index (χ1v) is 6.50. The monoisotopic (exact) mass is 343 g/mol. The summed E-state index contributed by atoms with van der Waals surface area (Å²) in [7, 11) is 0. The van der Waals surface area contributed by atoms with Crippen LogP contribution in [-0.4, -0.2) is 29.5 Å². The average Bonchev–Trinajstić information content (AvgIpc) is 2.38. The molecule has 0 fully saturated rings. The normalized spacial score (nSPS) is 12.9. The molecule has 0 saturated carbocycles. The molecule has 1 aromatic heterocycles. The zero-order chi connectivity index (χ0) is 16.2. The van der Waals surface area contributed by atoms with Gasteiger partial charge in [-0.2, -0.15) is 13.2 Å². The number of ether oxygens (including phenoxy) is 1. The number of carbonyl (C=O) groups is 2. The van der Waals surface area contributed by atoms with Crippen LogP contribution in [0.3, 0.4) is 0 Å². The van der Waals surface area contributed by atoms with E-state index in [0.717, 1.165) is 6.20 Å².